The van der Waals surface area contributed by atoms with Crippen LogP contribution in [-0.4, -0.2) is 39.3 Å². The Hall–Kier alpha value is -2.41. The molecule has 0 saturated heterocycles. The first-order chi connectivity index (χ1) is 10.2. The zero-order valence-corrected chi connectivity index (χ0v) is 11.8. The molecule has 0 bridgehead atoms. The van der Waals surface area contributed by atoms with E-state index in [0.717, 1.165) is 5.56 Å². The Labute approximate surface area is 122 Å². The largest absolute Gasteiger partial charge is 0.461 e. The molecule has 0 aliphatic heterocycles. The molecule has 3 N–H and O–H groups in total. The maximum absolute atomic E-state index is 12.0. The predicted octanol–water partition coefficient (Wildman–Crippen LogP) is 1.09. The van der Waals surface area contributed by atoms with Crippen molar-refractivity contribution in [2.75, 3.05) is 18.9 Å². The molecular weight excluding hydrogens is 272 g/mol. The fourth-order valence-electron chi connectivity index (χ4n) is 1.95. The summed E-state index contributed by atoms with van der Waals surface area (Å²) in [5, 5.41) is 16.8. The van der Waals surface area contributed by atoms with Gasteiger partial charge in [-0.15, -0.1) is 5.10 Å². The molecule has 0 amide bonds. The third kappa shape index (κ3) is 3.38. The zero-order chi connectivity index (χ0) is 15.2. The van der Waals surface area contributed by atoms with Crippen LogP contribution < -0.4 is 5.73 Å². The highest BCUT2D eigenvalue weighted by atomic mass is 16.5. The Kier molecular flexibility index (Phi) is 4.89. The summed E-state index contributed by atoms with van der Waals surface area (Å²) in [4.78, 5) is 12.0. The summed E-state index contributed by atoms with van der Waals surface area (Å²) in [6.07, 6.45) is 0.521. The van der Waals surface area contributed by atoms with Crippen molar-refractivity contribution in [1.29, 1.82) is 0 Å². The number of aliphatic hydroxyl groups excluding tert-OH is 1. The molecule has 21 heavy (non-hydrogen) atoms. The number of benzene rings is 1. The van der Waals surface area contributed by atoms with Gasteiger partial charge in [0.1, 0.15) is 5.69 Å². The van der Waals surface area contributed by atoms with Gasteiger partial charge in [0.05, 0.1) is 6.61 Å². The van der Waals surface area contributed by atoms with E-state index in [4.69, 9.17) is 15.6 Å². The Morgan fingerprint density at radius 3 is 2.71 bits per heavy atom. The number of aromatic nitrogens is 3. The average Bonchev–Trinajstić information content (AvgIpc) is 2.90. The van der Waals surface area contributed by atoms with Crippen molar-refractivity contribution in [1.82, 2.24) is 15.0 Å². The van der Waals surface area contributed by atoms with Crippen molar-refractivity contribution < 1.29 is 14.6 Å². The summed E-state index contributed by atoms with van der Waals surface area (Å²) in [6, 6.07) is 7.08. The summed E-state index contributed by atoms with van der Waals surface area (Å²) in [5.74, 6) is -0.514. The number of anilines is 1. The van der Waals surface area contributed by atoms with E-state index in [2.05, 4.69) is 10.3 Å². The molecule has 1 aromatic carbocycles. The number of rotatable bonds is 6. The number of hydrogen-bond acceptors (Lipinski definition) is 6. The SMILES string of the molecule is CCOC(=O)c1nnn(CCCO)c1-c1ccc(N)cc1. The van der Waals surface area contributed by atoms with E-state index < -0.39 is 5.97 Å². The third-order valence-electron chi connectivity index (χ3n) is 2.92. The van der Waals surface area contributed by atoms with Crippen LogP contribution in [0.2, 0.25) is 0 Å². The Morgan fingerprint density at radius 1 is 1.38 bits per heavy atom. The molecule has 1 aromatic heterocycles. The minimum absolute atomic E-state index is 0.0375. The van der Waals surface area contributed by atoms with Crippen LogP contribution in [0.1, 0.15) is 23.8 Å². The molecule has 112 valence electrons. The Bertz CT molecular complexity index is 607. The second-order valence-corrected chi connectivity index (χ2v) is 4.43. The first-order valence-corrected chi connectivity index (χ1v) is 6.74. The van der Waals surface area contributed by atoms with Crippen LogP contribution in [0.4, 0.5) is 5.69 Å². The third-order valence-corrected chi connectivity index (χ3v) is 2.92. The normalized spacial score (nSPS) is 10.6. The summed E-state index contributed by atoms with van der Waals surface area (Å²) < 4.78 is 6.59. The number of ether oxygens (including phenoxy) is 1. The number of hydrogen-bond donors (Lipinski definition) is 2. The molecule has 2 rings (SSSR count). The van der Waals surface area contributed by atoms with Crippen LogP contribution >= 0.6 is 0 Å². The number of carbonyl (C=O) groups excluding carboxylic acids is 1. The molecule has 0 aliphatic carbocycles. The van der Waals surface area contributed by atoms with Gasteiger partial charge in [0.2, 0.25) is 0 Å². The van der Waals surface area contributed by atoms with Gasteiger partial charge in [-0.2, -0.15) is 0 Å². The van der Waals surface area contributed by atoms with Crippen LogP contribution in [0.15, 0.2) is 24.3 Å². The van der Waals surface area contributed by atoms with Gasteiger partial charge in [-0.25, -0.2) is 9.48 Å². The first-order valence-electron chi connectivity index (χ1n) is 6.74. The predicted molar refractivity (Wildman–Crippen MR) is 77.5 cm³/mol. The smallest absolute Gasteiger partial charge is 0.361 e. The van der Waals surface area contributed by atoms with Crippen molar-refractivity contribution >= 4 is 11.7 Å². The molecule has 2 aromatic rings. The number of nitrogens with zero attached hydrogens (tertiary/aromatic N) is 3. The monoisotopic (exact) mass is 290 g/mol. The number of esters is 1. The van der Waals surface area contributed by atoms with Gasteiger partial charge in [-0.3, -0.25) is 0 Å². The molecule has 7 nitrogen and oxygen atoms in total. The van der Waals surface area contributed by atoms with Crippen LogP contribution in [0.3, 0.4) is 0 Å². The van der Waals surface area contributed by atoms with E-state index in [9.17, 15) is 4.79 Å². The molecular formula is C14H18N4O3. The van der Waals surface area contributed by atoms with Crippen molar-refractivity contribution in [3.63, 3.8) is 0 Å². The highest BCUT2D eigenvalue weighted by molar-refractivity contribution is 5.94. The molecule has 0 aliphatic rings. The Balaban J connectivity index is 2.44. The Morgan fingerprint density at radius 2 is 2.10 bits per heavy atom. The van der Waals surface area contributed by atoms with Gasteiger partial charge in [-0.1, -0.05) is 17.3 Å². The molecule has 1 heterocycles. The standard InChI is InChI=1S/C14H18N4O3/c1-2-21-14(20)12-13(10-4-6-11(15)7-5-10)18(17-16-12)8-3-9-19/h4-7,19H,2-3,8-9,15H2,1H3. The average molecular weight is 290 g/mol. The minimum Gasteiger partial charge on any atom is -0.461 e. The van der Waals surface area contributed by atoms with E-state index in [1.54, 1.807) is 35.9 Å². The van der Waals surface area contributed by atoms with Crippen molar-refractivity contribution in [3.05, 3.63) is 30.0 Å². The molecule has 0 atom stereocenters. The number of nitrogen functional groups attached to an aromatic ring is 1. The van der Waals surface area contributed by atoms with Crippen LogP contribution in [0.5, 0.6) is 0 Å². The molecule has 0 radical (unpaired) electrons. The van der Waals surface area contributed by atoms with Gasteiger partial charge in [0, 0.05) is 24.4 Å². The maximum atomic E-state index is 12.0. The van der Waals surface area contributed by atoms with Crippen LogP contribution in [0.25, 0.3) is 11.3 Å². The van der Waals surface area contributed by atoms with Gasteiger partial charge in [0.15, 0.2) is 5.69 Å². The highest BCUT2D eigenvalue weighted by Gasteiger charge is 2.22. The van der Waals surface area contributed by atoms with Gasteiger partial charge in [0.25, 0.3) is 0 Å². The molecule has 0 spiro atoms. The van der Waals surface area contributed by atoms with Crippen molar-refractivity contribution in [3.8, 4) is 11.3 Å². The van der Waals surface area contributed by atoms with Crippen LogP contribution in [-0.2, 0) is 11.3 Å². The molecule has 7 heteroatoms. The zero-order valence-electron chi connectivity index (χ0n) is 11.8. The lowest BCUT2D eigenvalue weighted by Crippen LogP contribution is -2.09. The lowest BCUT2D eigenvalue weighted by atomic mass is 10.1. The van der Waals surface area contributed by atoms with E-state index in [0.29, 0.717) is 24.3 Å². The summed E-state index contributed by atoms with van der Waals surface area (Å²) in [6.45, 7) is 2.50. The van der Waals surface area contributed by atoms with Crippen molar-refractivity contribution in [2.45, 2.75) is 19.9 Å². The lowest BCUT2D eigenvalue weighted by molar-refractivity contribution is 0.0520. The lowest BCUT2D eigenvalue weighted by Gasteiger charge is -2.08. The van der Waals surface area contributed by atoms with Crippen molar-refractivity contribution in [2.24, 2.45) is 0 Å². The van der Waals surface area contributed by atoms with Gasteiger partial charge >= 0.3 is 5.97 Å². The summed E-state index contributed by atoms with van der Waals surface area (Å²) >= 11 is 0. The van der Waals surface area contributed by atoms with Gasteiger partial charge in [-0.05, 0) is 25.5 Å². The topological polar surface area (TPSA) is 103 Å². The second-order valence-electron chi connectivity index (χ2n) is 4.43. The number of aryl methyl sites for hydroxylation is 1. The number of nitrogens with two attached hydrogens (primary N) is 1. The summed E-state index contributed by atoms with van der Waals surface area (Å²) in [7, 11) is 0. The molecule has 0 saturated carbocycles. The molecule has 0 unspecified atom stereocenters. The maximum Gasteiger partial charge on any atom is 0.361 e. The van der Waals surface area contributed by atoms with E-state index in [1.807, 2.05) is 0 Å². The quantitative estimate of drug-likeness (QED) is 0.609. The first kappa shape index (κ1) is 15.0. The minimum atomic E-state index is -0.514. The highest BCUT2D eigenvalue weighted by Crippen LogP contribution is 2.24. The second kappa shape index (κ2) is 6.85. The van der Waals surface area contributed by atoms with E-state index in [-0.39, 0.29) is 18.9 Å². The fourth-order valence-corrected chi connectivity index (χ4v) is 1.95. The van der Waals surface area contributed by atoms with E-state index >= 15 is 0 Å². The molecule has 0 fully saturated rings. The van der Waals surface area contributed by atoms with Gasteiger partial charge < -0.3 is 15.6 Å². The summed E-state index contributed by atoms with van der Waals surface area (Å²) in [5.41, 5.74) is 7.82. The van der Waals surface area contributed by atoms with Crippen LogP contribution in [0, 0.1) is 0 Å². The number of aliphatic hydroxyl groups is 1. The number of carbonyl (C=O) groups is 1. The van der Waals surface area contributed by atoms with E-state index in [1.165, 1.54) is 0 Å². The fraction of sp³-hybridized carbons (Fsp3) is 0.357.